The number of amides is 1. The highest BCUT2D eigenvalue weighted by Gasteiger charge is 2.18. The third kappa shape index (κ3) is 4.11. The van der Waals surface area contributed by atoms with E-state index >= 15 is 0 Å². The van der Waals surface area contributed by atoms with Crippen LogP contribution in [0.1, 0.15) is 34.6 Å². The molecular weight excluding hydrogens is 342 g/mol. The van der Waals surface area contributed by atoms with Gasteiger partial charge in [0.1, 0.15) is 17.2 Å². The third-order valence-electron chi connectivity index (χ3n) is 4.42. The van der Waals surface area contributed by atoms with E-state index in [-0.39, 0.29) is 11.9 Å². The molecule has 0 saturated heterocycles. The Kier molecular flexibility index (Phi) is 5.45. The normalized spacial score (nSPS) is 11.7. The average Bonchev–Trinajstić information content (AvgIpc) is 3.18. The Morgan fingerprint density at radius 3 is 2.48 bits per heavy atom. The Morgan fingerprint density at radius 2 is 1.81 bits per heavy atom. The first-order valence-corrected chi connectivity index (χ1v) is 8.67. The first kappa shape index (κ1) is 18.5. The molecule has 27 heavy (non-hydrogen) atoms. The van der Waals surface area contributed by atoms with E-state index in [4.69, 9.17) is 9.47 Å². The van der Waals surface area contributed by atoms with Gasteiger partial charge in [0.15, 0.2) is 0 Å². The van der Waals surface area contributed by atoms with Crippen LogP contribution >= 0.6 is 0 Å². The van der Waals surface area contributed by atoms with Gasteiger partial charge in [-0.1, -0.05) is 29.8 Å². The van der Waals surface area contributed by atoms with Gasteiger partial charge in [0, 0.05) is 11.1 Å². The zero-order valence-corrected chi connectivity index (χ0v) is 15.9. The molecule has 3 aromatic rings. The minimum Gasteiger partial charge on any atom is -0.497 e. The zero-order valence-electron chi connectivity index (χ0n) is 15.9. The van der Waals surface area contributed by atoms with Crippen molar-refractivity contribution in [1.82, 2.24) is 15.5 Å². The van der Waals surface area contributed by atoms with Gasteiger partial charge in [0.05, 0.1) is 26.0 Å². The first-order chi connectivity index (χ1) is 13.0. The van der Waals surface area contributed by atoms with Crippen LogP contribution < -0.4 is 14.8 Å². The fourth-order valence-corrected chi connectivity index (χ4v) is 2.84. The predicted octanol–water partition coefficient (Wildman–Crippen LogP) is 3.89. The Labute approximate surface area is 158 Å². The van der Waals surface area contributed by atoms with Gasteiger partial charge < -0.3 is 14.8 Å². The summed E-state index contributed by atoms with van der Waals surface area (Å²) in [7, 11) is 3.20. The highest BCUT2D eigenvalue weighted by atomic mass is 16.5. The molecule has 6 heteroatoms. The quantitative estimate of drug-likeness (QED) is 0.695. The van der Waals surface area contributed by atoms with Gasteiger partial charge in [-0.25, -0.2) is 0 Å². The molecule has 1 unspecified atom stereocenters. The van der Waals surface area contributed by atoms with Crippen molar-refractivity contribution in [2.45, 2.75) is 19.9 Å². The van der Waals surface area contributed by atoms with E-state index < -0.39 is 0 Å². The van der Waals surface area contributed by atoms with Crippen LogP contribution in [0.15, 0.2) is 48.5 Å². The van der Waals surface area contributed by atoms with E-state index in [1.165, 1.54) is 5.56 Å². The topological polar surface area (TPSA) is 76.2 Å². The second-order valence-corrected chi connectivity index (χ2v) is 6.34. The van der Waals surface area contributed by atoms with Crippen LogP contribution in [0.3, 0.4) is 0 Å². The molecule has 1 heterocycles. The van der Waals surface area contributed by atoms with Gasteiger partial charge >= 0.3 is 0 Å². The highest BCUT2D eigenvalue weighted by molar-refractivity contribution is 5.93. The molecular formula is C21H23N3O3. The summed E-state index contributed by atoms with van der Waals surface area (Å²) in [6.45, 7) is 3.92. The average molecular weight is 365 g/mol. The van der Waals surface area contributed by atoms with E-state index in [2.05, 4.69) is 15.5 Å². The number of ether oxygens (including phenoxy) is 2. The summed E-state index contributed by atoms with van der Waals surface area (Å²) in [5.41, 5.74) is 4.10. The minimum absolute atomic E-state index is 0.238. The fraction of sp³-hybridized carbons (Fsp3) is 0.238. The number of aryl methyl sites for hydroxylation is 1. The van der Waals surface area contributed by atoms with Crippen LogP contribution in [0.2, 0.25) is 0 Å². The van der Waals surface area contributed by atoms with Gasteiger partial charge in [0.2, 0.25) is 0 Å². The predicted molar refractivity (Wildman–Crippen MR) is 104 cm³/mol. The van der Waals surface area contributed by atoms with Crippen molar-refractivity contribution < 1.29 is 14.3 Å². The Hall–Kier alpha value is -3.28. The number of carbonyl (C=O) groups is 1. The van der Waals surface area contributed by atoms with E-state index in [0.717, 1.165) is 16.8 Å². The number of nitrogens with zero attached hydrogens (tertiary/aromatic N) is 1. The maximum atomic E-state index is 12.6. The van der Waals surface area contributed by atoms with Crippen molar-refractivity contribution >= 4 is 5.91 Å². The van der Waals surface area contributed by atoms with Gasteiger partial charge in [-0.15, -0.1) is 0 Å². The third-order valence-corrected chi connectivity index (χ3v) is 4.42. The Bertz CT molecular complexity index is 932. The summed E-state index contributed by atoms with van der Waals surface area (Å²) in [5.74, 6) is 1.15. The maximum absolute atomic E-state index is 12.6. The minimum atomic E-state index is -0.270. The molecule has 0 bridgehead atoms. The van der Waals surface area contributed by atoms with E-state index in [9.17, 15) is 4.79 Å². The number of carbonyl (C=O) groups excluding carboxylic acids is 1. The summed E-state index contributed by atoms with van der Waals surface area (Å²) in [5, 5.41) is 10.0. The Balaban J connectivity index is 1.77. The van der Waals surface area contributed by atoms with Gasteiger partial charge in [0.25, 0.3) is 5.91 Å². The van der Waals surface area contributed by atoms with Crippen LogP contribution in [0.4, 0.5) is 0 Å². The molecule has 1 aromatic heterocycles. The Morgan fingerprint density at radius 1 is 1.07 bits per heavy atom. The smallest absolute Gasteiger partial charge is 0.269 e. The molecule has 0 fully saturated rings. The number of H-pyrrole nitrogens is 1. The molecule has 0 radical (unpaired) electrons. The number of hydrogen-bond donors (Lipinski definition) is 2. The molecule has 140 valence electrons. The summed E-state index contributed by atoms with van der Waals surface area (Å²) < 4.78 is 10.7. The van der Waals surface area contributed by atoms with Crippen molar-refractivity contribution in [3.63, 3.8) is 0 Å². The van der Waals surface area contributed by atoms with Crippen LogP contribution in [-0.2, 0) is 0 Å². The lowest BCUT2D eigenvalue weighted by Gasteiger charge is -2.17. The molecule has 0 saturated carbocycles. The fourth-order valence-electron chi connectivity index (χ4n) is 2.84. The van der Waals surface area contributed by atoms with E-state index in [1.54, 1.807) is 20.3 Å². The molecule has 2 N–H and O–H groups in total. The monoisotopic (exact) mass is 365 g/mol. The number of aromatic amines is 1. The number of methoxy groups -OCH3 is 2. The van der Waals surface area contributed by atoms with Crippen LogP contribution in [0, 0.1) is 6.92 Å². The number of benzene rings is 2. The number of rotatable bonds is 6. The molecule has 1 atom stereocenters. The molecule has 0 aliphatic carbocycles. The number of hydrogen-bond acceptors (Lipinski definition) is 4. The lowest BCUT2D eigenvalue weighted by molar-refractivity contribution is 0.0934. The van der Waals surface area contributed by atoms with Crippen molar-refractivity contribution in [2.75, 3.05) is 14.2 Å². The molecule has 2 aromatic carbocycles. The summed E-state index contributed by atoms with van der Waals surface area (Å²) >= 11 is 0. The summed E-state index contributed by atoms with van der Waals surface area (Å²) in [6, 6.07) is 15.0. The standard InChI is InChI=1S/C21H23N3O3/c1-13-5-7-15(8-6-13)18-12-19(24-23-18)21(25)22-14(2)17-11-16(26-3)9-10-20(17)27-4/h5-12,14H,1-4H3,(H,22,25)(H,23,24). The van der Waals surface area contributed by atoms with Crippen LogP contribution in [-0.4, -0.2) is 30.3 Å². The summed E-state index contributed by atoms with van der Waals surface area (Å²) in [4.78, 5) is 12.6. The van der Waals surface area contributed by atoms with Crippen molar-refractivity contribution in [1.29, 1.82) is 0 Å². The second kappa shape index (κ2) is 7.95. The molecule has 6 nitrogen and oxygen atoms in total. The first-order valence-electron chi connectivity index (χ1n) is 8.67. The largest absolute Gasteiger partial charge is 0.497 e. The molecule has 3 rings (SSSR count). The van der Waals surface area contributed by atoms with E-state index in [1.807, 2.05) is 56.3 Å². The molecule has 0 aliphatic rings. The summed E-state index contributed by atoms with van der Waals surface area (Å²) in [6.07, 6.45) is 0. The van der Waals surface area contributed by atoms with E-state index in [0.29, 0.717) is 17.2 Å². The lowest BCUT2D eigenvalue weighted by Crippen LogP contribution is -2.27. The maximum Gasteiger partial charge on any atom is 0.269 e. The second-order valence-electron chi connectivity index (χ2n) is 6.34. The lowest BCUT2D eigenvalue weighted by atomic mass is 10.1. The van der Waals surface area contributed by atoms with Crippen LogP contribution in [0.25, 0.3) is 11.3 Å². The van der Waals surface area contributed by atoms with Crippen molar-refractivity contribution in [3.8, 4) is 22.8 Å². The van der Waals surface area contributed by atoms with Gasteiger partial charge in [-0.05, 0) is 38.1 Å². The van der Waals surface area contributed by atoms with Gasteiger partial charge in [-0.3, -0.25) is 9.89 Å². The number of nitrogens with one attached hydrogen (secondary N) is 2. The zero-order chi connectivity index (χ0) is 19.4. The van der Waals surface area contributed by atoms with Crippen LogP contribution in [0.5, 0.6) is 11.5 Å². The number of aromatic nitrogens is 2. The molecule has 0 spiro atoms. The van der Waals surface area contributed by atoms with Gasteiger partial charge in [-0.2, -0.15) is 5.10 Å². The van der Waals surface area contributed by atoms with Crippen molar-refractivity contribution in [3.05, 3.63) is 65.4 Å². The SMILES string of the molecule is COc1ccc(OC)c(C(C)NC(=O)c2cc(-c3ccc(C)cc3)n[nH]2)c1. The molecule has 0 aliphatic heterocycles. The highest BCUT2D eigenvalue weighted by Crippen LogP contribution is 2.29. The van der Waals surface area contributed by atoms with Crippen molar-refractivity contribution in [2.24, 2.45) is 0 Å². The molecule has 1 amide bonds.